The van der Waals surface area contributed by atoms with E-state index in [1.807, 2.05) is 159 Å². The summed E-state index contributed by atoms with van der Waals surface area (Å²) in [5.74, 6) is 4.45. The quantitative estimate of drug-likeness (QED) is 0.0364. The third-order valence-corrected chi connectivity index (χ3v) is 28.3. The highest BCUT2D eigenvalue weighted by Crippen LogP contribution is 2.43. The molecule has 0 aromatic heterocycles. The van der Waals surface area contributed by atoms with E-state index >= 15 is 0 Å². The Morgan fingerprint density at radius 3 is 0.833 bits per heavy atom. The molecule has 32 nitrogen and oxygen atoms in total. The van der Waals surface area contributed by atoms with E-state index < -0.39 is 30.2 Å². The minimum absolute atomic E-state index is 0.0484. The van der Waals surface area contributed by atoms with E-state index in [2.05, 4.69) is 0 Å². The van der Waals surface area contributed by atoms with Crippen LogP contribution in [0.1, 0.15) is 204 Å². The first-order valence-electron chi connectivity index (χ1n) is 49.9. The van der Waals surface area contributed by atoms with Gasteiger partial charge >= 0.3 is 0 Å². The number of hydrogen-bond donors (Lipinski definition) is 0. The summed E-state index contributed by atoms with van der Waals surface area (Å²) >= 11 is 11.9. The van der Waals surface area contributed by atoms with Crippen molar-refractivity contribution in [3.8, 4) is 57.5 Å². The van der Waals surface area contributed by atoms with Crippen LogP contribution in [0.4, 0.5) is 0 Å². The van der Waals surface area contributed by atoms with E-state index in [1.165, 1.54) is 0 Å². The summed E-state index contributed by atoms with van der Waals surface area (Å²) in [5, 5.41) is 1.30. The molecule has 0 saturated heterocycles. The van der Waals surface area contributed by atoms with E-state index in [-0.39, 0.29) is 133 Å². The molecule has 0 bridgehead atoms. The Kier molecular flexibility index (Phi) is 35.3. The summed E-state index contributed by atoms with van der Waals surface area (Å²) in [4.78, 5) is 196. The summed E-state index contributed by atoms with van der Waals surface area (Å²) in [6.45, 7) is 5.86. The van der Waals surface area contributed by atoms with Crippen molar-refractivity contribution < 1.29 is 119 Å². The fraction of sp³-hybridized carbons (Fsp3) is 0.353. The molecule has 34 heteroatoms. The minimum Gasteiger partial charge on any atom is -0.497 e. The predicted octanol–water partition coefficient (Wildman–Crippen LogP) is 15.8. The van der Waals surface area contributed by atoms with Gasteiger partial charge in [-0.2, -0.15) is 0 Å². The van der Waals surface area contributed by atoms with E-state index in [0.717, 1.165) is 74.5 Å². The average Bonchev–Trinajstić information content (AvgIpc) is 1.64. The Hall–Kier alpha value is -15.3. The maximum Gasteiger partial charge on any atom is 0.255 e. The van der Waals surface area contributed by atoms with Gasteiger partial charge in [-0.25, -0.2) is 0 Å². The first-order valence-corrected chi connectivity index (χ1v) is 50.6. The van der Waals surface area contributed by atoms with Gasteiger partial charge in [0.15, 0.2) is 51.9 Å². The molecule has 10 aliphatic rings. The number of carbonyl (C=O) groups excluding carboxylic acids is 15. The van der Waals surface area contributed by atoms with Gasteiger partial charge in [0.05, 0.1) is 116 Å². The molecular formula is C116H117Cl2N7O25. The Morgan fingerprint density at radius 2 is 0.533 bits per heavy atom. The zero-order valence-electron chi connectivity index (χ0n) is 84.5. The van der Waals surface area contributed by atoms with Gasteiger partial charge in [-0.3, -0.25) is 71.9 Å². The normalized spacial score (nSPS) is 18.6. The van der Waals surface area contributed by atoms with Gasteiger partial charge < -0.3 is 81.7 Å². The number of methoxy groups -OCH3 is 3. The molecule has 5 atom stereocenters. The molecule has 780 valence electrons. The number of amides is 5. The van der Waals surface area contributed by atoms with Crippen LogP contribution in [-0.2, 0) is 114 Å². The van der Waals surface area contributed by atoms with Crippen LogP contribution < -0.4 is 47.4 Å². The zero-order chi connectivity index (χ0) is 106. The Morgan fingerprint density at radius 1 is 0.260 bits per heavy atom. The van der Waals surface area contributed by atoms with Gasteiger partial charge in [-0.1, -0.05) is 102 Å². The molecule has 5 saturated carbocycles. The molecule has 150 heavy (non-hydrogen) atoms. The number of benzene rings is 10. The fourth-order valence-electron chi connectivity index (χ4n) is 19.8. The second-order valence-corrected chi connectivity index (χ2v) is 39.5. The molecular weight excluding hydrogens is 1960 g/mol. The summed E-state index contributed by atoms with van der Waals surface area (Å²) in [6, 6.07) is 57.9. The summed E-state index contributed by atoms with van der Waals surface area (Å²) < 4.78 is 57.9. The molecule has 0 N–H and O–H groups in total. The smallest absolute Gasteiger partial charge is 0.255 e. The van der Waals surface area contributed by atoms with Crippen molar-refractivity contribution in [3.63, 3.8) is 0 Å². The first-order chi connectivity index (χ1) is 72.3. The Balaban J connectivity index is 0.000000134. The number of ketones is 10. The number of nitrogens with zero attached hydrogens (tertiary/aromatic N) is 7. The summed E-state index contributed by atoms with van der Waals surface area (Å²) in [6.07, 6.45) is 3.24. The topological polar surface area (TPSA) is 371 Å². The van der Waals surface area contributed by atoms with E-state index in [4.69, 9.17) is 70.6 Å². The molecule has 20 rings (SSSR count). The van der Waals surface area contributed by atoms with E-state index in [1.54, 1.807) is 125 Å². The molecule has 5 aliphatic heterocycles. The van der Waals surface area contributed by atoms with Crippen molar-refractivity contribution in [3.05, 3.63) is 294 Å². The van der Waals surface area contributed by atoms with E-state index in [9.17, 15) is 71.9 Å². The molecule has 0 spiro atoms. The summed E-state index contributed by atoms with van der Waals surface area (Å²) in [7, 11) is 12.8. The van der Waals surface area contributed by atoms with Crippen molar-refractivity contribution in [1.29, 1.82) is 0 Å². The maximum absolute atomic E-state index is 13.0. The van der Waals surface area contributed by atoms with E-state index in [0.29, 0.717) is 220 Å². The van der Waals surface area contributed by atoms with Crippen LogP contribution in [0, 0.1) is 0 Å². The van der Waals surface area contributed by atoms with Crippen molar-refractivity contribution in [2.24, 2.45) is 0 Å². The Labute approximate surface area is 878 Å². The number of Topliss-reactive ketones (excluding diaryl/α,β-unsaturated/α-hetero) is 10. The molecule has 5 fully saturated rings. The SMILES string of the molecule is COc1cc(COc2cccc3c2CN(C2CCC(=O)CC2=O)C3=O)ccc1OCCN(C)C.COc1ccc(COc2cccc3c2CN(C2CCC(=O)CC2=O)C3=O)cc1OCCN(C)C.COc1cccc(COc2cccc3c2CN(C2CCC(=O)CC2=O)C3=O)c1.O=C1CCC(N2Cc3c(OCc4ccc(Cl)cc4)cccc3C2=O)C(=O)C1.O=C1CCC(N2Cc3c(OCc4cccc(Cl)c4)cccc3C2=O)C(=O)C1. The lowest BCUT2D eigenvalue weighted by atomic mass is 9.92. The van der Waals surface area contributed by atoms with Crippen molar-refractivity contribution in [1.82, 2.24) is 34.3 Å². The molecule has 0 radical (unpaired) electrons. The van der Waals surface area contributed by atoms with Crippen LogP contribution >= 0.6 is 23.2 Å². The third kappa shape index (κ3) is 25.8. The fourth-order valence-corrected chi connectivity index (χ4v) is 20.1. The number of fused-ring (bicyclic) bond motifs is 5. The minimum atomic E-state index is -0.547. The second-order valence-electron chi connectivity index (χ2n) is 38.6. The highest BCUT2D eigenvalue weighted by atomic mass is 35.5. The zero-order valence-corrected chi connectivity index (χ0v) is 86.0. The third-order valence-electron chi connectivity index (χ3n) is 27.8. The van der Waals surface area contributed by atoms with Crippen LogP contribution in [0.25, 0.3) is 0 Å². The second kappa shape index (κ2) is 49.3. The number of rotatable bonds is 31. The van der Waals surface area contributed by atoms with Crippen molar-refractivity contribution in [2.75, 3.05) is 75.8 Å². The lowest BCUT2D eigenvalue weighted by Crippen LogP contribution is -2.44. The van der Waals surface area contributed by atoms with Gasteiger partial charge in [-0.15, -0.1) is 0 Å². The van der Waals surface area contributed by atoms with Crippen molar-refractivity contribution in [2.45, 2.75) is 192 Å². The van der Waals surface area contributed by atoms with Gasteiger partial charge in [-0.05, 0) is 209 Å². The first kappa shape index (κ1) is 107. The molecule has 10 aromatic carbocycles. The van der Waals surface area contributed by atoms with Crippen LogP contribution in [-0.4, -0.2) is 228 Å². The number of likely N-dealkylation sites (N-methyl/N-ethyl adjacent to an activating group) is 2. The van der Waals surface area contributed by atoms with Crippen LogP contribution in [0.5, 0.6) is 57.5 Å². The lowest BCUT2D eigenvalue weighted by molar-refractivity contribution is -0.134. The molecule has 10 aromatic rings. The summed E-state index contributed by atoms with van der Waals surface area (Å²) in [5.41, 5.74) is 11.4. The Bertz CT molecular complexity index is 6880. The lowest BCUT2D eigenvalue weighted by Gasteiger charge is -2.29. The van der Waals surface area contributed by atoms with Gasteiger partial charge in [0, 0.05) is 111 Å². The number of hydrogen-bond acceptors (Lipinski definition) is 27. The molecule has 5 unspecified atom stereocenters. The molecule has 5 amide bonds. The number of halogens is 2. The predicted molar refractivity (Wildman–Crippen MR) is 551 cm³/mol. The number of ether oxygens (including phenoxy) is 10. The monoisotopic (exact) mass is 2080 g/mol. The highest BCUT2D eigenvalue weighted by Gasteiger charge is 2.47. The van der Waals surface area contributed by atoms with Gasteiger partial charge in [0.25, 0.3) is 29.5 Å². The highest BCUT2D eigenvalue weighted by molar-refractivity contribution is 6.31. The average molecular weight is 2080 g/mol. The number of carbonyl (C=O) groups is 15. The van der Waals surface area contributed by atoms with Gasteiger partial charge in [0.1, 0.15) is 110 Å². The van der Waals surface area contributed by atoms with Crippen LogP contribution in [0.3, 0.4) is 0 Å². The van der Waals surface area contributed by atoms with Crippen molar-refractivity contribution >= 4 is 111 Å². The molecule has 5 heterocycles. The van der Waals surface area contributed by atoms with Crippen LogP contribution in [0.15, 0.2) is 200 Å². The maximum atomic E-state index is 13.0. The largest absolute Gasteiger partial charge is 0.497 e. The molecule has 5 aliphatic carbocycles. The standard InChI is InChI=1S/2C26H30N2O6.C22H21NO5.2C21H18ClNO4/c1-27(2)11-12-33-24-10-7-17(13-25(24)32-3)16-34-23-6-4-5-19-20(23)15-28(26(19)31)21-9-8-18(29)14-22(21)30;1-27(2)11-12-33-25-13-17(7-10-24(25)32-3)16-34-23-6-4-5-19-20(23)15-28(26(19)31)21-9-8-18(29)14-22(21)30;1-27-16-5-2-4-14(10-16)13-28-21-7-3-6-17-18(21)12-23(22(17)26)19-9-8-15(24)11-20(19)25;22-14-4-1-3-13(9-14)12-27-20-6-2-5-16-17(20)11-23(21(16)26)18-8-7-15(24)10-19(18)25;22-14-6-4-13(5-7-14)12-27-20-3-1-2-16-17(20)11-23(21(16)26)18-9-8-15(24)10-19(18)25/h2*4-7,10,13,21H,8-9,11-12,14-16H2,1-3H3;2-7,10,19H,8-9,11-13H2,1H3;1-6,9,18H,7-8,10-12H2;1-7,18H,8-12H2. The van der Waals surface area contributed by atoms with Crippen LogP contribution in [0.2, 0.25) is 10.0 Å². The van der Waals surface area contributed by atoms with Gasteiger partial charge in [0.2, 0.25) is 0 Å².